The topological polar surface area (TPSA) is 89.0 Å². The van der Waals surface area contributed by atoms with E-state index < -0.39 is 0 Å². The highest BCUT2D eigenvalue weighted by Crippen LogP contribution is 2.28. The quantitative estimate of drug-likeness (QED) is 0.177. The molecule has 0 atom stereocenters. The van der Waals surface area contributed by atoms with Gasteiger partial charge in [0.15, 0.2) is 11.5 Å². The Balaban J connectivity index is 1.69. The van der Waals surface area contributed by atoms with Gasteiger partial charge >= 0.3 is 0 Å². The minimum atomic E-state index is -0.385. The molecule has 2 N–H and O–H groups in total. The fourth-order valence-electron chi connectivity index (χ4n) is 3.35. The van der Waals surface area contributed by atoms with Crippen molar-refractivity contribution in [2.75, 3.05) is 13.7 Å². The number of benzene rings is 2. The summed E-state index contributed by atoms with van der Waals surface area (Å²) >= 11 is 5.91. The van der Waals surface area contributed by atoms with Gasteiger partial charge in [0.25, 0.3) is 5.91 Å². The summed E-state index contributed by atoms with van der Waals surface area (Å²) in [6.07, 6.45) is 9.98. The van der Waals surface area contributed by atoms with Gasteiger partial charge < -0.3 is 14.8 Å². The Bertz CT molecular complexity index is 948. The molecule has 0 spiro atoms. The summed E-state index contributed by atoms with van der Waals surface area (Å²) < 4.78 is 11.2. The summed E-state index contributed by atoms with van der Waals surface area (Å²) in [5.74, 6) is 0.639. The van der Waals surface area contributed by atoms with E-state index in [1.165, 1.54) is 31.9 Å². The third-order valence-electron chi connectivity index (χ3n) is 5.35. The first-order chi connectivity index (χ1) is 17.0. The van der Waals surface area contributed by atoms with Crippen molar-refractivity contribution in [3.63, 3.8) is 0 Å². The lowest BCUT2D eigenvalue weighted by atomic mass is 10.1. The van der Waals surface area contributed by atoms with Crippen LogP contribution in [0, 0.1) is 0 Å². The highest BCUT2D eigenvalue weighted by molar-refractivity contribution is 6.30. The standard InChI is InChI=1S/C27H36ClN3O4/c1-3-4-5-6-7-8-9-10-26(32)29-19-27(33)31-30-18-22-13-16-24(25(17-22)34-2)35-20-21-11-14-23(28)15-12-21/h11-18H,3-10,19-20H2,1-2H3,(H,29,32)(H,31,33). The zero-order valence-corrected chi connectivity index (χ0v) is 21.4. The Labute approximate surface area is 213 Å². The lowest BCUT2D eigenvalue weighted by molar-refractivity contribution is -0.126. The number of nitrogens with one attached hydrogen (secondary N) is 2. The molecule has 0 aliphatic carbocycles. The predicted octanol–water partition coefficient (Wildman–Crippen LogP) is 5.63. The Morgan fingerprint density at radius 3 is 2.37 bits per heavy atom. The van der Waals surface area contributed by atoms with E-state index in [1.807, 2.05) is 24.3 Å². The lowest BCUT2D eigenvalue weighted by Gasteiger charge is -2.11. The monoisotopic (exact) mass is 501 g/mol. The van der Waals surface area contributed by atoms with Gasteiger partial charge in [0.05, 0.1) is 19.9 Å². The molecule has 0 aliphatic rings. The molecule has 2 rings (SSSR count). The molecule has 0 saturated carbocycles. The van der Waals surface area contributed by atoms with Crippen LogP contribution in [0.4, 0.5) is 0 Å². The predicted molar refractivity (Wildman–Crippen MR) is 140 cm³/mol. The van der Waals surface area contributed by atoms with Crippen molar-refractivity contribution < 1.29 is 19.1 Å². The molecular formula is C27H36ClN3O4. The van der Waals surface area contributed by atoms with Gasteiger partial charge in [0.1, 0.15) is 6.61 Å². The molecule has 2 amide bonds. The van der Waals surface area contributed by atoms with Crippen LogP contribution in [0.25, 0.3) is 0 Å². The smallest absolute Gasteiger partial charge is 0.259 e. The number of halogens is 1. The molecule has 2 aromatic rings. The number of carbonyl (C=O) groups excluding carboxylic acids is 2. The highest BCUT2D eigenvalue weighted by Gasteiger charge is 2.07. The number of nitrogens with zero attached hydrogens (tertiary/aromatic N) is 1. The van der Waals surface area contributed by atoms with Crippen molar-refractivity contribution in [3.8, 4) is 11.5 Å². The van der Waals surface area contributed by atoms with E-state index in [1.54, 1.807) is 25.3 Å². The van der Waals surface area contributed by atoms with Crippen LogP contribution in [-0.4, -0.2) is 31.7 Å². The zero-order chi connectivity index (χ0) is 25.3. The summed E-state index contributed by atoms with van der Waals surface area (Å²) in [4.78, 5) is 23.8. The van der Waals surface area contributed by atoms with Crippen LogP contribution in [0.2, 0.25) is 5.02 Å². The minimum absolute atomic E-state index is 0.104. The van der Waals surface area contributed by atoms with Crippen LogP contribution in [-0.2, 0) is 16.2 Å². The summed E-state index contributed by atoms with van der Waals surface area (Å²) in [6, 6.07) is 12.8. The minimum Gasteiger partial charge on any atom is -0.493 e. The maximum absolute atomic E-state index is 11.9. The second-order valence-corrected chi connectivity index (χ2v) is 8.70. The van der Waals surface area contributed by atoms with Gasteiger partial charge in [-0.2, -0.15) is 5.10 Å². The Morgan fingerprint density at radius 1 is 0.943 bits per heavy atom. The first-order valence-electron chi connectivity index (χ1n) is 12.2. The molecule has 190 valence electrons. The zero-order valence-electron chi connectivity index (χ0n) is 20.6. The van der Waals surface area contributed by atoms with Gasteiger partial charge in [0, 0.05) is 11.4 Å². The third-order valence-corrected chi connectivity index (χ3v) is 5.60. The summed E-state index contributed by atoms with van der Waals surface area (Å²) in [5.41, 5.74) is 4.13. The van der Waals surface area contributed by atoms with E-state index in [2.05, 4.69) is 22.8 Å². The first kappa shape index (κ1) is 28.2. The maximum atomic E-state index is 11.9. The third kappa shape index (κ3) is 11.8. The number of methoxy groups -OCH3 is 1. The molecule has 0 bridgehead atoms. The second-order valence-electron chi connectivity index (χ2n) is 8.27. The van der Waals surface area contributed by atoms with Gasteiger partial charge in [-0.25, -0.2) is 5.43 Å². The van der Waals surface area contributed by atoms with Gasteiger partial charge in [-0.1, -0.05) is 69.2 Å². The van der Waals surface area contributed by atoms with E-state index in [4.69, 9.17) is 21.1 Å². The number of hydrogen-bond acceptors (Lipinski definition) is 5. The molecule has 0 radical (unpaired) electrons. The van der Waals surface area contributed by atoms with Crippen molar-refractivity contribution in [2.24, 2.45) is 5.10 Å². The van der Waals surface area contributed by atoms with Crippen molar-refractivity contribution in [1.29, 1.82) is 0 Å². The number of amides is 2. The Hall–Kier alpha value is -3.06. The van der Waals surface area contributed by atoms with Crippen molar-refractivity contribution in [3.05, 3.63) is 58.6 Å². The number of unbranched alkanes of at least 4 members (excludes halogenated alkanes) is 6. The molecule has 0 aliphatic heterocycles. The van der Waals surface area contributed by atoms with Crippen LogP contribution in [0.5, 0.6) is 11.5 Å². The molecule has 7 nitrogen and oxygen atoms in total. The van der Waals surface area contributed by atoms with Crippen LogP contribution >= 0.6 is 11.6 Å². The fourth-order valence-corrected chi connectivity index (χ4v) is 3.48. The highest BCUT2D eigenvalue weighted by atomic mass is 35.5. The maximum Gasteiger partial charge on any atom is 0.259 e. The number of rotatable bonds is 16. The molecule has 0 saturated heterocycles. The van der Waals surface area contributed by atoms with Gasteiger partial charge in [-0.3, -0.25) is 9.59 Å². The Morgan fingerprint density at radius 2 is 1.66 bits per heavy atom. The largest absolute Gasteiger partial charge is 0.493 e. The van der Waals surface area contributed by atoms with Crippen LogP contribution in [0.3, 0.4) is 0 Å². The van der Waals surface area contributed by atoms with E-state index in [9.17, 15) is 9.59 Å². The van der Waals surface area contributed by atoms with Crippen LogP contribution in [0.1, 0.15) is 69.4 Å². The normalized spacial score (nSPS) is 10.8. The van der Waals surface area contributed by atoms with Crippen molar-refractivity contribution in [2.45, 2.75) is 64.9 Å². The molecule has 35 heavy (non-hydrogen) atoms. The van der Waals surface area contributed by atoms with Gasteiger partial charge in [0.2, 0.25) is 5.91 Å². The molecule has 0 fully saturated rings. The molecule has 2 aromatic carbocycles. The summed E-state index contributed by atoms with van der Waals surface area (Å²) in [5, 5.41) is 7.26. The number of hydrazone groups is 1. The molecule has 0 heterocycles. The summed E-state index contributed by atoms with van der Waals surface area (Å²) in [6.45, 7) is 2.47. The average Bonchev–Trinajstić information content (AvgIpc) is 2.87. The van der Waals surface area contributed by atoms with E-state index >= 15 is 0 Å². The SMILES string of the molecule is CCCCCCCCCC(=O)NCC(=O)NN=Cc1ccc(OCc2ccc(Cl)cc2)c(OC)c1. The van der Waals surface area contributed by atoms with Gasteiger partial charge in [-0.05, 0) is 47.9 Å². The molecule has 0 unspecified atom stereocenters. The van der Waals surface area contributed by atoms with E-state index in [0.29, 0.717) is 29.5 Å². The van der Waals surface area contributed by atoms with E-state index in [0.717, 1.165) is 30.4 Å². The van der Waals surface area contributed by atoms with Crippen LogP contribution in [0.15, 0.2) is 47.6 Å². The second kappa shape index (κ2) is 16.5. The van der Waals surface area contributed by atoms with Crippen molar-refractivity contribution in [1.82, 2.24) is 10.7 Å². The first-order valence-corrected chi connectivity index (χ1v) is 12.5. The van der Waals surface area contributed by atoms with Gasteiger partial charge in [-0.15, -0.1) is 0 Å². The molecule has 8 heteroatoms. The molecule has 0 aromatic heterocycles. The fraction of sp³-hybridized carbons (Fsp3) is 0.444. The number of hydrogen-bond donors (Lipinski definition) is 2. The summed E-state index contributed by atoms with van der Waals surface area (Å²) in [7, 11) is 1.56. The lowest BCUT2D eigenvalue weighted by Crippen LogP contribution is -2.34. The van der Waals surface area contributed by atoms with Crippen molar-refractivity contribution >= 4 is 29.6 Å². The van der Waals surface area contributed by atoms with E-state index in [-0.39, 0.29) is 18.4 Å². The Kier molecular flexibility index (Phi) is 13.3. The number of ether oxygens (including phenoxy) is 2. The average molecular weight is 502 g/mol. The van der Waals surface area contributed by atoms with Crippen LogP contribution < -0.4 is 20.2 Å². The molecular weight excluding hydrogens is 466 g/mol. The number of carbonyl (C=O) groups is 2.